The number of nitriles is 1. The molecule has 3 aliphatic rings. The van der Waals surface area contributed by atoms with Crippen molar-refractivity contribution in [3.63, 3.8) is 0 Å². The van der Waals surface area contributed by atoms with Gasteiger partial charge in [0.05, 0.1) is 18.2 Å². The second-order valence-electron chi connectivity index (χ2n) is 4.44. The van der Waals surface area contributed by atoms with E-state index in [9.17, 15) is 5.11 Å². The van der Waals surface area contributed by atoms with Gasteiger partial charge in [0.1, 0.15) is 0 Å². The Hall–Kier alpha value is -0.850. The Balaban J connectivity index is 2.14. The van der Waals surface area contributed by atoms with Gasteiger partial charge in [0.25, 0.3) is 0 Å². The van der Waals surface area contributed by atoms with Gasteiger partial charge < -0.3 is 5.11 Å². The molecule has 76 valence electrons. The Morgan fingerprint density at radius 1 is 1.79 bits per heavy atom. The van der Waals surface area contributed by atoms with Gasteiger partial charge in [-0.15, -0.1) is 0 Å². The fourth-order valence-electron chi connectivity index (χ4n) is 2.71. The lowest BCUT2D eigenvalue weighted by molar-refractivity contribution is -0.00607. The van der Waals surface area contributed by atoms with Gasteiger partial charge in [-0.3, -0.25) is 5.32 Å². The van der Waals surface area contributed by atoms with E-state index < -0.39 is 5.60 Å². The van der Waals surface area contributed by atoms with E-state index >= 15 is 0 Å². The summed E-state index contributed by atoms with van der Waals surface area (Å²) in [5.74, 6) is 0.611. The van der Waals surface area contributed by atoms with E-state index in [-0.39, 0.29) is 6.04 Å². The van der Waals surface area contributed by atoms with E-state index in [1.54, 1.807) is 0 Å². The van der Waals surface area contributed by atoms with Gasteiger partial charge in [-0.2, -0.15) is 5.26 Å². The van der Waals surface area contributed by atoms with E-state index in [1.807, 2.05) is 6.08 Å². The van der Waals surface area contributed by atoms with Crippen LogP contribution in [-0.2, 0) is 0 Å². The summed E-state index contributed by atoms with van der Waals surface area (Å²) in [6.07, 6.45) is 4.88. The van der Waals surface area contributed by atoms with Gasteiger partial charge in [-0.1, -0.05) is 11.6 Å². The van der Waals surface area contributed by atoms with Gasteiger partial charge in [-0.05, 0) is 32.1 Å². The maximum atomic E-state index is 10.3. The highest BCUT2D eigenvalue weighted by Crippen LogP contribution is 2.43. The number of allylic oxidation sites excluding steroid dienone is 1. The molecule has 0 amide bonds. The Morgan fingerprint density at radius 3 is 3.14 bits per heavy atom. The molecule has 0 aliphatic heterocycles. The third-order valence-corrected chi connectivity index (χ3v) is 3.57. The molecule has 14 heavy (non-hydrogen) atoms. The van der Waals surface area contributed by atoms with Gasteiger partial charge in [0, 0.05) is 6.04 Å². The van der Waals surface area contributed by atoms with Crippen LogP contribution in [0, 0.1) is 17.2 Å². The topological polar surface area (TPSA) is 56.0 Å². The lowest BCUT2D eigenvalue weighted by Crippen LogP contribution is -2.56. The van der Waals surface area contributed by atoms with Crippen LogP contribution >= 0.6 is 0 Å². The Bertz CT molecular complexity index is 305. The normalized spacial score (nSPS) is 40.5. The monoisotopic (exact) mass is 192 g/mol. The maximum Gasteiger partial charge on any atom is 0.0983 e. The van der Waals surface area contributed by atoms with Crippen LogP contribution in [0.2, 0.25) is 0 Å². The van der Waals surface area contributed by atoms with Gasteiger partial charge in [0.2, 0.25) is 0 Å². The molecular formula is C11H16N2O. The average molecular weight is 192 g/mol. The van der Waals surface area contributed by atoms with Crippen molar-refractivity contribution in [1.82, 2.24) is 5.32 Å². The molecule has 0 saturated heterocycles. The molecule has 3 nitrogen and oxygen atoms in total. The van der Waals surface area contributed by atoms with Crippen LogP contribution in [0.5, 0.6) is 0 Å². The summed E-state index contributed by atoms with van der Waals surface area (Å²) in [4.78, 5) is 0. The number of nitrogens with one attached hydrogen (secondary N) is 1. The fraction of sp³-hybridized carbons (Fsp3) is 0.727. The number of hydrogen-bond donors (Lipinski definition) is 2. The third-order valence-electron chi connectivity index (χ3n) is 3.57. The van der Waals surface area contributed by atoms with Crippen molar-refractivity contribution in [3.8, 4) is 6.07 Å². The van der Waals surface area contributed by atoms with Crippen molar-refractivity contribution in [2.24, 2.45) is 5.92 Å². The zero-order chi connectivity index (χ0) is 10.2. The zero-order valence-corrected chi connectivity index (χ0v) is 8.45. The molecule has 0 unspecified atom stereocenters. The SMILES string of the molecule is CC1=C[C@@]2(O)CC[C@@H]1C[C@H]2NCC#N. The molecule has 3 atom stereocenters. The second kappa shape index (κ2) is 3.38. The second-order valence-corrected chi connectivity index (χ2v) is 4.44. The van der Waals surface area contributed by atoms with Crippen molar-refractivity contribution in [2.75, 3.05) is 6.54 Å². The summed E-state index contributed by atoms with van der Waals surface area (Å²) in [6, 6.07) is 2.13. The van der Waals surface area contributed by atoms with E-state index in [0.717, 1.165) is 19.3 Å². The number of hydrogen-bond acceptors (Lipinski definition) is 3. The highest BCUT2D eigenvalue weighted by molar-refractivity contribution is 5.25. The molecule has 0 heterocycles. The lowest BCUT2D eigenvalue weighted by Gasteiger charge is -2.47. The minimum Gasteiger partial charge on any atom is -0.384 e. The van der Waals surface area contributed by atoms with Crippen LogP contribution in [0.1, 0.15) is 26.2 Å². The quantitative estimate of drug-likeness (QED) is 0.506. The summed E-state index contributed by atoms with van der Waals surface area (Å²) >= 11 is 0. The smallest absolute Gasteiger partial charge is 0.0983 e. The molecule has 3 aliphatic carbocycles. The van der Waals surface area contributed by atoms with Gasteiger partial charge >= 0.3 is 0 Å². The minimum absolute atomic E-state index is 0.0737. The highest BCUT2D eigenvalue weighted by Gasteiger charge is 2.44. The Labute approximate surface area is 84.4 Å². The molecule has 0 aromatic heterocycles. The highest BCUT2D eigenvalue weighted by atomic mass is 16.3. The van der Waals surface area contributed by atoms with Crippen molar-refractivity contribution in [1.29, 1.82) is 5.26 Å². The molecule has 2 N–H and O–H groups in total. The maximum absolute atomic E-state index is 10.3. The molecule has 2 bridgehead atoms. The molecular weight excluding hydrogens is 176 g/mol. The van der Waals surface area contributed by atoms with E-state index in [4.69, 9.17) is 5.26 Å². The van der Waals surface area contributed by atoms with Crippen LogP contribution in [0.25, 0.3) is 0 Å². The van der Waals surface area contributed by atoms with Crippen LogP contribution < -0.4 is 5.32 Å². The molecule has 3 heteroatoms. The number of rotatable bonds is 2. The summed E-state index contributed by atoms with van der Waals surface area (Å²) in [7, 11) is 0. The van der Waals surface area contributed by atoms with Crippen molar-refractivity contribution in [2.45, 2.75) is 37.8 Å². The Kier molecular flexibility index (Phi) is 2.34. The fourth-order valence-corrected chi connectivity index (χ4v) is 2.71. The number of nitrogens with zero attached hydrogens (tertiary/aromatic N) is 1. The first-order chi connectivity index (χ1) is 6.65. The summed E-state index contributed by atoms with van der Waals surface area (Å²) in [5, 5.41) is 21.9. The van der Waals surface area contributed by atoms with Crippen molar-refractivity contribution >= 4 is 0 Å². The third kappa shape index (κ3) is 1.45. The molecule has 0 spiro atoms. The first-order valence-corrected chi connectivity index (χ1v) is 5.18. The molecule has 1 saturated carbocycles. The molecule has 3 rings (SSSR count). The number of fused-ring (bicyclic) bond motifs is 2. The van der Waals surface area contributed by atoms with Crippen LogP contribution in [0.4, 0.5) is 0 Å². The predicted molar refractivity (Wildman–Crippen MR) is 53.5 cm³/mol. The predicted octanol–water partition coefficient (Wildman–Crippen LogP) is 0.959. The zero-order valence-electron chi connectivity index (χ0n) is 8.45. The average Bonchev–Trinajstić information content (AvgIpc) is 2.15. The van der Waals surface area contributed by atoms with E-state index in [0.29, 0.717) is 12.5 Å². The standard InChI is InChI=1S/C11H16N2O/c1-8-7-11(14)3-2-9(8)6-10(11)13-5-4-12/h7,9-10,13-14H,2-3,5-6H2,1H3/t9-,10-,11+/m1/s1. The summed E-state index contributed by atoms with van der Waals surface area (Å²) < 4.78 is 0. The molecule has 0 radical (unpaired) electrons. The minimum atomic E-state index is -0.699. The molecule has 0 aromatic carbocycles. The largest absolute Gasteiger partial charge is 0.384 e. The van der Waals surface area contributed by atoms with E-state index in [1.165, 1.54) is 5.57 Å². The summed E-state index contributed by atoms with van der Waals surface area (Å²) in [5.41, 5.74) is 0.615. The molecule has 1 fully saturated rings. The van der Waals surface area contributed by atoms with Crippen LogP contribution in [-0.4, -0.2) is 23.3 Å². The van der Waals surface area contributed by atoms with Crippen molar-refractivity contribution < 1.29 is 5.11 Å². The number of aliphatic hydroxyl groups is 1. The van der Waals surface area contributed by atoms with E-state index in [2.05, 4.69) is 18.3 Å². The Morgan fingerprint density at radius 2 is 2.57 bits per heavy atom. The summed E-state index contributed by atoms with van der Waals surface area (Å²) in [6.45, 7) is 2.42. The lowest BCUT2D eigenvalue weighted by atomic mass is 9.66. The van der Waals surface area contributed by atoms with Crippen LogP contribution in [0.15, 0.2) is 11.6 Å². The first kappa shape index (κ1) is 9.70. The molecule has 0 aromatic rings. The van der Waals surface area contributed by atoms with Crippen molar-refractivity contribution in [3.05, 3.63) is 11.6 Å². The van der Waals surface area contributed by atoms with Gasteiger partial charge in [-0.25, -0.2) is 0 Å². The van der Waals surface area contributed by atoms with Crippen LogP contribution in [0.3, 0.4) is 0 Å². The first-order valence-electron chi connectivity index (χ1n) is 5.18. The van der Waals surface area contributed by atoms with Gasteiger partial charge in [0.15, 0.2) is 0 Å².